The Morgan fingerprint density at radius 3 is 2.76 bits per heavy atom. The third-order valence-corrected chi connectivity index (χ3v) is 6.86. The first kappa shape index (κ1) is 25.0. The van der Waals surface area contributed by atoms with Gasteiger partial charge >= 0.3 is 0 Å². The van der Waals surface area contributed by atoms with Gasteiger partial charge in [0.05, 0.1) is 36.9 Å². The molecule has 4 aromatic rings. The van der Waals surface area contributed by atoms with Crippen LogP contribution in [-0.2, 0) is 16.1 Å². The minimum absolute atomic E-state index is 0.0757. The molecule has 3 aromatic heterocycles. The molecule has 11 heteroatoms. The highest BCUT2D eigenvalue weighted by Crippen LogP contribution is 2.31. The van der Waals surface area contributed by atoms with Gasteiger partial charge in [-0.05, 0) is 52.7 Å². The van der Waals surface area contributed by atoms with E-state index in [9.17, 15) is 19.1 Å². The normalized spacial score (nSPS) is 18.2. The largest absolute Gasteiger partial charge is 0.389 e. The van der Waals surface area contributed by atoms with Crippen molar-refractivity contribution in [1.82, 2.24) is 24.6 Å². The summed E-state index contributed by atoms with van der Waals surface area (Å²) in [6.45, 7) is 1.40. The quantitative estimate of drug-likeness (QED) is 0.366. The average molecular weight is 567 g/mol. The predicted octanol–water partition coefficient (Wildman–Crippen LogP) is 3.89. The molecule has 4 heterocycles. The smallest absolute Gasteiger partial charge is 0.247 e. The number of aliphatic hydroxyl groups excluding tert-OH is 1. The minimum atomic E-state index is -1.30. The number of aliphatic hydroxyl groups is 1. The van der Waals surface area contributed by atoms with Gasteiger partial charge in [-0.15, -0.1) is 0 Å². The lowest BCUT2D eigenvalue weighted by molar-refractivity contribution is -0.137. The predicted molar refractivity (Wildman–Crippen MR) is 139 cm³/mol. The summed E-state index contributed by atoms with van der Waals surface area (Å²) in [5.41, 5.74) is 3.62. The van der Waals surface area contributed by atoms with Crippen molar-refractivity contribution in [3.63, 3.8) is 0 Å². The number of halogens is 2. The van der Waals surface area contributed by atoms with E-state index in [1.165, 1.54) is 11.1 Å². The number of nitrogens with one attached hydrogen (secondary N) is 1. The van der Waals surface area contributed by atoms with E-state index in [1.807, 2.05) is 24.3 Å². The summed E-state index contributed by atoms with van der Waals surface area (Å²) < 4.78 is 16.8. The third-order valence-electron chi connectivity index (χ3n) is 6.43. The number of likely N-dealkylation sites (tertiary alicyclic amines) is 1. The lowest BCUT2D eigenvalue weighted by Gasteiger charge is -2.24. The highest BCUT2D eigenvalue weighted by atomic mass is 79.9. The summed E-state index contributed by atoms with van der Waals surface area (Å²) in [5.74, 6) is -0.852. The molecule has 2 amide bonds. The molecule has 0 saturated carbocycles. The van der Waals surface area contributed by atoms with Crippen molar-refractivity contribution < 1.29 is 19.1 Å². The fourth-order valence-electron chi connectivity index (χ4n) is 4.68. The number of pyridine rings is 1. The molecule has 0 spiro atoms. The van der Waals surface area contributed by atoms with Gasteiger partial charge in [-0.1, -0.05) is 6.07 Å². The molecule has 0 aliphatic carbocycles. The van der Waals surface area contributed by atoms with Crippen molar-refractivity contribution in [1.29, 1.82) is 0 Å². The number of hydrogen-bond acceptors (Lipinski definition) is 6. The van der Waals surface area contributed by atoms with Crippen LogP contribution < -0.4 is 5.32 Å². The molecule has 2 N–H and O–H groups in total. The molecular formula is C26H24BrFN6O3. The number of amides is 2. The molecule has 3 atom stereocenters. The first-order valence-electron chi connectivity index (χ1n) is 11.7. The number of rotatable bonds is 6. The Morgan fingerprint density at radius 1 is 1.19 bits per heavy atom. The van der Waals surface area contributed by atoms with Gasteiger partial charge in [0.15, 0.2) is 0 Å². The topological polar surface area (TPSA) is 113 Å². The van der Waals surface area contributed by atoms with Crippen LogP contribution >= 0.6 is 15.9 Å². The van der Waals surface area contributed by atoms with Crippen molar-refractivity contribution in [3.8, 4) is 11.1 Å². The van der Waals surface area contributed by atoms with Crippen molar-refractivity contribution in [2.45, 2.75) is 38.2 Å². The number of nitrogens with zero attached hydrogens (tertiary/aromatic N) is 5. The molecule has 1 unspecified atom stereocenters. The summed E-state index contributed by atoms with van der Waals surface area (Å²) in [5, 5.41) is 21.7. The van der Waals surface area contributed by atoms with Gasteiger partial charge in [-0.25, -0.2) is 4.39 Å². The summed E-state index contributed by atoms with van der Waals surface area (Å²) in [4.78, 5) is 31.6. The fourth-order valence-corrected chi connectivity index (χ4v) is 5.05. The number of aromatic nitrogens is 4. The third kappa shape index (κ3) is 5.23. The Bertz CT molecular complexity index is 1460. The molecule has 0 radical (unpaired) electrons. The second-order valence-corrected chi connectivity index (χ2v) is 9.94. The molecule has 9 nitrogen and oxygen atoms in total. The van der Waals surface area contributed by atoms with E-state index < -0.39 is 24.2 Å². The average Bonchev–Trinajstić information content (AvgIpc) is 3.45. The van der Waals surface area contributed by atoms with Gasteiger partial charge in [-0.3, -0.25) is 14.6 Å². The highest BCUT2D eigenvalue weighted by Gasteiger charge is 2.40. The summed E-state index contributed by atoms with van der Waals surface area (Å²) in [6, 6.07) is 8.29. The standard InChI is InChI=1S/C26H24BrFN6O3/c1-15(35)22-13-33(23-3-2-16(6-21(22)23)17-4-5-30-31-9-17)14-25(36)34-12-19(28)8-24(34)26(37)32-20-7-18(27)10-29-11-20/h2-7,9-11,13,15,19,24,35H,8,12,14H2,1H3,(H,32,37)/t15?,19-,24+/m1/s1. The van der Waals surface area contributed by atoms with E-state index in [0.717, 1.165) is 22.0 Å². The molecule has 37 heavy (non-hydrogen) atoms. The van der Waals surface area contributed by atoms with Crippen LogP contribution in [0.2, 0.25) is 0 Å². The molecule has 5 rings (SSSR count). The maximum absolute atomic E-state index is 14.4. The Balaban J connectivity index is 1.40. The van der Waals surface area contributed by atoms with Gasteiger partial charge in [-0.2, -0.15) is 10.2 Å². The van der Waals surface area contributed by atoms with Crippen molar-refractivity contribution in [2.24, 2.45) is 0 Å². The Labute approximate surface area is 220 Å². The second kappa shape index (κ2) is 10.3. The summed E-state index contributed by atoms with van der Waals surface area (Å²) in [6.07, 6.45) is 5.90. The second-order valence-electron chi connectivity index (χ2n) is 9.03. The Morgan fingerprint density at radius 2 is 2.03 bits per heavy atom. The summed E-state index contributed by atoms with van der Waals surface area (Å²) in [7, 11) is 0. The van der Waals surface area contributed by atoms with Crippen molar-refractivity contribution in [3.05, 3.63) is 71.4 Å². The molecular weight excluding hydrogens is 543 g/mol. The number of anilines is 1. The maximum atomic E-state index is 14.4. The molecule has 1 aliphatic rings. The first-order chi connectivity index (χ1) is 17.8. The van der Waals surface area contributed by atoms with Crippen LogP contribution in [0.1, 0.15) is 25.0 Å². The SMILES string of the molecule is CC(O)c1cn(CC(=O)N2C[C@H](F)C[C@H]2C(=O)Nc2cncc(Br)c2)c2ccc(-c3ccnnc3)cc12. The lowest BCUT2D eigenvalue weighted by atomic mass is 10.0. The van der Waals surface area contributed by atoms with Crippen molar-refractivity contribution in [2.75, 3.05) is 11.9 Å². The van der Waals surface area contributed by atoms with E-state index in [2.05, 4.69) is 36.4 Å². The zero-order chi connectivity index (χ0) is 26.1. The van der Waals surface area contributed by atoms with Crippen LogP contribution in [0.15, 0.2) is 65.8 Å². The van der Waals surface area contributed by atoms with E-state index in [4.69, 9.17) is 0 Å². The first-order valence-corrected chi connectivity index (χ1v) is 12.5. The van der Waals surface area contributed by atoms with Crippen LogP contribution in [0.3, 0.4) is 0 Å². The number of carbonyl (C=O) groups excluding carboxylic acids is 2. The number of benzene rings is 1. The van der Waals surface area contributed by atoms with Gasteiger partial charge in [0.1, 0.15) is 18.8 Å². The van der Waals surface area contributed by atoms with Crippen LogP contribution in [0.5, 0.6) is 0 Å². The van der Waals surface area contributed by atoms with Crippen LogP contribution in [0.25, 0.3) is 22.0 Å². The van der Waals surface area contributed by atoms with Gasteiger partial charge in [0, 0.05) is 45.3 Å². The lowest BCUT2D eigenvalue weighted by Crippen LogP contribution is -2.44. The van der Waals surface area contributed by atoms with Gasteiger partial charge in [0.25, 0.3) is 0 Å². The molecule has 1 aliphatic heterocycles. The van der Waals surface area contributed by atoms with Gasteiger partial charge < -0.3 is 19.9 Å². The van der Waals surface area contributed by atoms with Crippen molar-refractivity contribution >= 4 is 44.3 Å². The molecule has 0 bridgehead atoms. The number of alkyl halides is 1. The van der Waals surface area contributed by atoms with Crippen LogP contribution in [-0.4, -0.2) is 60.3 Å². The molecule has 1 saturated heterocycles. The van der Waals surface area contributed by atoms with E-state index in [0.29, 0.717) is 15.7 Å². The van der Waals surface area contributed by atoms with E-state index in [1.54, 1.807) is 42.3 Å². The van der Waals surface area contributed by atoms with E-state index in [-0.39, 0.29) is 25.4 Å². The number of fused-ring (bicyclic) bond motifs is 1. The Hall–Kier alpha value is -3.70. The maximum Gasteiger partial charge on any atom is 0.247 e. The molecule has 1 fully saturated rings. The van der Waals surface area contributed by atoms with Crippen LogP contribution in [0, 0.1) is 0 Å². The Kier molecular flexibility index (Phi) is 6.98. The highest BCUT2D eigenvalue weighted by molar-refractivity contribution is 9.10. The van der Waals surface area contributed by atoms with Gasteiger partial charge in [0.2, 0.25) is 11.8 Å². The number of carbonyl (C=O) groups is 2. The minimum Gasteiger partial charge on any atom is -0.389 e. The molecule has 190 valence electrons. The van der Waals surface area contributed by atoms with E-state index >= 15 is 0 Å². The fraction of sp³-hybridized carbons (Fsp3) is 0.269. The molecule has 1 aromatic carbocycles. The zero-order valence-electron chi connectivity index (χ0n) is 19.9. The summed E-state index contributed by atoms with van der Waals surface area (Å²) >= 11 is 3.30. The monoisotopic (exact) mass is 566 g/mol. The van der Waals surface area contributed by atoms with Crippen LogP contribution in [0.4, 0.5) is 10.1 Å². The number of hydrogen-bond donors (Lipinski definition) is 2. The zero-order valence-corrected chi connectivity index (χ0v) is 21.5.